The van der Waals surface area contributed by atoms with Gasteiger partial charge in [0.25, 0.3) is 5.91 Å². The Balaban J connectivity index is 1.50. The molecule has 28 heavy (non-hydrogen) atoms. The number of hydrogen-bond acceptors (Lipinski definition) is 4. The summed E-state index contributed by atoms with van der Waals surface area (Å²) >= 11 is 0. The number of aryl methyl sites for hydroxylation is 3. The highest BCUT2D eigenvalue weighted by atomic mass is 16.3. The molecule has 3 heterocycles. The Labute approximate surface area is 164 Å². The van der Waals surface area contributed by atoms with Gasteiger partial charge in [0.05, 0.1) is 18.2 Å². The Morgan fingerprint density at radius 2 is 2.00 bits per heavy atom. The maximum atomic E-state index is 13.1. The standard InChI is InChI=1S/C22H26N4O2/c1-14-9-15(2)26(24-14)11-17-5-4-6-18(10-17)22(27)25-12-19(20(23)13-25)21-8-7-16(3)28-21/h4-10,19-20H,11-13,23H2,1-3H3. The van der Waals surface area contributed by atoms with Crippen molar-refractivity contribution < 1.29 is 9.21 Å². The molecule has 1 aliphatic heterocycles. The third kappa shape index (κ3) is 3.60. The number of amides is 1. The van der Waals surface area contributed by atoms with Gasteiger partial charge in [-0.1, -0.05) is 12.1 Å². The molecule has 0 bridgehead atoms. The van der Waals surface area contributed by atoms with Crippen molar-refractivity contribution in [1.29, 1.82) is 0 Å². The van der Waals surface area contributed by atoms with Gasteiger partial charge in [0, 0.05) is 30.4 Å². The Morgan fingerprint density at radius 1 is 1.18 bits per heavy atom. The second-order valence-corrected chi connectivity index (χ2v) is 7.71. The van der Waals surface area contributed by atoms with Crippen LogP contribution in [0, 0.1) is 20.8 Å². The number of furan rings is 1. The van der Waals surface area contributed by atoms with E-state index in [1.807, 2.05) is 66.8 Å². The van der Waals surface area contributed by atoms with Crippen molar-refractivity contribution in [2.75, 3.05) is 13.1 Å². The normalized spacial score (nSPS) is 19.4. The van der Waals surface area contributed by atoms with Crippen molar-refractivity contribution in [3.63, 3.8) is 0 Å². The van der Waals surface area contributed by atoms with E-state index < -0.39 is 0 Å². The fraction of sp³-hybridized carbons (Fsp3) is 0.364. The second kappa shape index (κ2) is 7.28. The minimum absolute atomic E-state index is 0.0106. The van der Waals surface area contributed by atoms with Gasteiger partial charge in [-0.25, -0.2) is 0 Å². The predicted molar refractivity (Wildman–Crippen MR) is 107 cm³/mol. The van der Waals surface area contributed by atoms with Gasteiger partial charge in [-0.15, -0.1) is 0 Å². The summed E-state index contributed by atoms with van der Waals surface area (Å²) in [6, 6.07) is 13.6. The van der Waals surface area contributed by atoms with Crippen LogP contribution in [0.2, 0.25) is 0 Å². The smallest absolute Gasteiger partial charge is 0.253 e. The Hall–Kier alpha value is -2.86. The summed E-state index contributed by atoms with van der Waals surface area (Å²) in [6.07, 6.45) is 0. The summed E-state index contributed by atoms with van der Waals surface area (Å²) in [4.78, 5) is 14.9. The van der Waals surface area contributed by atoms with Gasteiger partial charge in [-0.3, -0.25) is 9.48 Å². The third-order valence-electron chi connectivity index (χ3n) is 5.39. The lowest BCUT2D eigenvalue weighted by molar-refractivity contribution is 0.0788. The molecular formula is C22H26N4O2. The lowest BCUT2D eigenvalue weighted by Gasteiger charge is -2.16. The van der Waals surface area contributed by atoms with Gasteiger partial charge in [-0.05, 0) is 56.7 Å². The number of nitrogens with zero attached hydrogens (tertiary/aromatic N) is 3. The molecule has 0 aliphatic carbocycles. The summed E-state index contributed by atoms with van der Waals surface area (Å²) in [7, 11) is 0. The zero-order valence-corrected chi connectivity index (χ0v) is 16.6. The number of nitrogens with two attached hydrogens (primary N) is 1. The van der Waals surface area contributed by atoms with E-state index in [0.717, 1.165) is 28.5 Å². The number of carbonyl (C=O) groups excluding carboxylic acids is 1. The van der Waals surface area contributed by atoms with Gasteiger partial charge in [0.1, 0.15) is 11.5 Å². The number of hydrogen-bond donors (Lipinski definition) is 1. The van der Waals surface area contributed by atoms with Crippen LogP contribution in [-0.4, -0.2) is 39.7 Å². The molecule has 2 unspecified atom stereocenters. The predicted octanol–water partition coefficient (Wildman–Crippen LogP) is 3.02. The third-order valence-corrected chi connectivity index (χ3v) is 5.39. The number of benzene rings is 1. The van der Waals surface area contributed by atoms with Crippen molar-refractivity contribution in [2.24, 2.45) is 5.73 Å². The van der Waals surface area contributed by atoms with Crippen molar-refractivity contribution >= 4 is 5.91 Å². The van der Waals surface area contributed by atoms with Gasteiger partial charge < -0.3 is 15.1 Å². The minimum atomic E-state index is -0.118. The lowest BCUT2D eigenvalue weighted by Crippen LogP contribution is -2.32. The van der Waals surface area contributed by atoms with E-state index in [2.05, 4.69) is 11.2 Å². The van der Waals surface area contributed by atoms with Crippen LogP contribution >= 0.6 is 0 Å². The van der Waals surface area contributed by atoms with E-state index in [1.54, 1.807) is 0 Å². The van der Waals surface area contributed by atoms with Crippen LogP contribution in [0.4, 0.5) is 0 Å². The van der Waals surface area contributed by atoms with E-state index in [0.29, 0.717) is 25.2 Å². The largest absolute Gasteiger partial charge is 0.466 e. The number of aromatic nitrogens is 2. The van der Waals surface area contributed by atoms with Gasteiger partial charge >= 0.3 is 0 Å². The monoisotopic (exact) mass is 378 g/mol. The molecule has 1 amide bonds. The first-order valence-electron chi connectivity index (χ1n) is 9.62. The molecule has 1 aliphatic rings. The molecule has 1 aromatic carbocycles. The van der Waals surface area contributed by atoms with Crippen LogP contribution in [0.15, 0.2) is 46.9 Å². The summed E-state index contributed by atoms with van der Waals surface area (Å²) in [5.74, 6) is 1.77. The Kier molecular flexibility index (Phi) is 4.81. The molecule has 3 aromatic rings. The van der Waals surface area contributed by atoms with E-state index in [-0.39, 0.29) is 17.9 Å². The fourth-order valence-corrected chi connectivity index (χ4v) is 3.94. The number of carbonyl (C=O) groups is 1. The quantitative estimate of drug-likeness (QED) is 0.757. The van der Waals surface area contributed by atoms with Gasteiger partial charge in [-0.2, -0.15) is 5.10 Å². The number of likely N-dealkylation sites (tertiary alicyclic amines) is 1. The molecule has 0 radical (unpaired) electrons. The highest BCUT2D eigenvalue weighted by Gasteiger charge is 2.36. The molecule has 1 fully saturated rings. The fourth-order valence-electron chi connectivity index (χ4n) is 3.94. The van der Waals surface area contributed by atoms with Crippen molar-refractivity contribution in [3.05, 3.63) is 76.5 Å². The molecule has 1 saturated heterocycles. The summed E-state index contributed by atoms with van der Waals surface area (Å²) in [5.41, 5.74) is 10.2. The first-order chi connectivity index (χ1) is 13.4. The van der Waals surface area contributed by atoms with E-state index in [4.69, 9.17) is 10.2 Å². The maximum Gasteiger partial charge on any atom is 0.253 e. The van der Waals surface area contributed by atoms with Crippen molar-refractivity contribution in [1.82, 2.24) is 14.7 Å². The van der Waals surface area contributed by atoms with E-state index in [9.17, 15) is 4.79 Å². The minimum Gasteiger partial charge on any atom is -0.466 e. The molecule has 0 saturated carbocycles. The summed E-state index contributed by atoms with van der Waals surface area (Å²) in [5, 5.41) is 4.51. The average molecular weight is 378 g/mol. The lowest BCUT2D eigenvalue weighted by atomic mass is 10.0. The highest BCUT2D eigenvalue weighted by molar-refractivity contribution is 5.94. The molecule has 2 aromatic heterocycles. The molecule has 2 atom stereocenters. The maximum absolute atomic E-state index is 13.1. The van der Waals surface area contributed by atoms with Crippen molar-refractivity contribution in [2.45, 2.75) is 39.3 Å². The Morgan fingerprint density at radius 3 is 2.68 bits per heavy atom. The first kappa shape index (κ1) is 18.5. The number of rotatable bonds is 4. The molecule has 6 heteroatoms. The summed E-state index contributed by atoms with van der Waals surface area (Å²) in [6.45, 7) is 7.70. The van der Waals surface area contributed by atoms with Crippen LogP contribution in [0.3, 0.4) is 0 Å². The first-order valence-corrected chi connectivity index (χ1v) is 9.62. The Bertz CT molecular complexity index is 1000. The topological polar surface area (TPSA) is 77.3 Å². The average Bonchev–Trinajstić information content (AvgIpc) is 3.34. The van der Waals surface area contributed by atoms with Gasteiger partial charge in [0.2, 0.25) is 0 Å². The van der Waals surface area contributed by atoms with Crippen LogP contribution in [0.1, 0.15) is 44.7 Å². The van der Waals surface area contributed by atoms with Gasteiger partial charge in [0.15, 0.2) is 0 Å². The SMILES string of the molecule is Cc1cc(C)n(Cc2cccc(C(=O)N3CC(N)C(c4ccc(C)o4)C3)c2)n1. The summed E-state index contributed by atoms with van der Waals surface area (Å²) < 4.78 is 7.70. The van der Waals surface area contributed by atoms with Crippen LogP contribution in [0.25, 0.3) is 0 Å². The van der Waals surface area contributed by atoms with Crippen LogP contribution in [-0.2, 0) is 6.54 Å². The molecule has 4 rings (SSSR count). The second-order valence-electron chi connectivity index (χ2n) is 7.71. The van der Waals surface area contributed by atoms with E-state index >= 15 is 0 Å². The molecule has 6 nitrogen and oxygen atoms in total. The van der Waals surface area contributed by atoms with Crippen LogP contribution in [0.5, 0.6) is 0 Å². The van der Waals surface area contributed by atoms with E-state index in [1.165, 1.54) is 0 Å². The zero-order chi connectivity index (χ0) is 19.8. The molecular weight excluding hydrogens is 352 g/mol. The zero-order valence-electron chi connectivity index (χ0n) is 16.6. The molecule has 0 spiro atoms. The highest BCUT2D eigenvalue weighted by Crippen LogP contribution is 2.29. The molecule has 146 valence electrons. The van der Waals surface area contributed by atoms with Crippen molar-refractivity contribution in [3.8, 4) is 0 Å². The molecule has 2 N–H and O–H groups in total. The van der Waals surface area contributed by atoms with Crippen LogP contribution < -0.4 is 5.73 Å².